The molecule has 0 atom stereocenters. The lowest BCUT2D eigenvalue weighted by atomic mass is 10.2. The van der Waals surface area contributed by atoms with Crippen LogP contribution in [0.2, 0.25) is 0 Å². The number of aromatic nitrogens is 1. The van der Waals surface area contributed by atoms with E-state index in [0.29, 0.717) is 27.7 Å². The van der Waals surface area contributed by atoms with Crippen molar-refractivity contribution in [2.75, 3.05) is 7.11 Å². The van der Waals surface area contributed by atoms with Gasteiger partial charge in [-0.2, -0.15) is 0 Å². The van der Waals surface area contributed by atoms with Crippen molar-refractivity contribution in [2.24, 2.45) is 0 Å². The van der Waals surface area contributed by atoms with Gasteiger partial charge >= 0.3 is 5.97 Å². The highest BCUT2D eigenvalue weighted by molar-refractivity contribution is 7.17. The minimum Gasteiger partial charge on any atom is -0.496 e. The molecule has 19 heavy (non-hydrogen) atoms. The van der Waals surface area contributed by atoms with Gasteiger partial charge in [0.15, 0.2) is 0 Å². The Kier molecular flexibility index (Phi) is 4.16. The Morgan fingerprint density at radius 3 is 2.79 bits per heavy atom. The minimum absolute atomic E-state index is 0.322. The lowest BCUT2D eigenvalue weighted by Crippen LogP contribution is -1.98. The summed E-state index contributed by atoms with van der Waals surface area (Å²) in [6.45, 7) is 2.01. The van der Waals surface area contributed by atoms with Gasteiger partial charge < -0.3 is 9.84 Å². The van der Waals surface area contributed by atoms with E-state index in [0.717, 1.165) is 12.0 Å². The Morgan fingerprint density at radius 1 is 1.42 bits per heavy atom. The summed E-state index contributed by atoms with van der Waals surface area (Å²) in [4.78, 5) is 16.0. The van der Waals surface area contributed by atoms with E-state index < -0.39 is 5.97 Å². The van der Waals surface area contributed by atoms with E-state index in [1.165, 1.54) is 11.3 Å². The highest BCUT2D eigenvalue weighted by Gasteiger charge is 2.19. The Labute approximate surface area is 115 Å². The Hall–Kier alpha value is -1.88. The standard InChI is InChI=1S/C14H15NO3S/c1-3-6-10-12(14(16)17)19-13(15-10)9-7-4-5-8-11(9)18-2/h4-5,7-8H,3,6H2,1-2H3,(H,16,17). The maximum Gasteiger partial charge on any atom is 0.347 e. The zero-order valence-electron chi connectivity index (χ0n) is 10.8. The number of hydrogen-bond acceptors (Lipinski definition) is 4. The largest absolute Gasteiger partial charge is 0.496 e. The second-order valence-corrected chi connectivity index (χ2v) is 5.05. The van der Waals surface area contributed by atoms with Crippen molar-refractivity contribution >= 4 is 17.3 Å². The molecule has 1 heterocycles. The molecule has 0 bridgehead atoms. The van der Waals surface area contributed by atoms with Crippen LogP contribution >= 0.6 is 11.3 Å². The van der Waals surface area contributed by atoms with E-state index in [-0.39, 0.29) is 0 Å². The maximum atomic E-state index is 11.2. The third-order valence-electron chi connectivity index (χ3n) is 2.72. The Morgan fingerprint density at radius 2 is 2.16 bits per heavy atom. The second-order valence-electron chi connectivity index (χ2n) is 4.05. The average Bonchev–Trinajstić information content (AvgIpc) is 2.83. The van der Waals surface area contributed by atoms with E-state index in [9.17, 15) is 9.90 Å². The smallest absolute Gasteiger partial charge is 0.347 e. The molecule has 5 heteroatoms. The fourth-order valence-electron chi connectivity index (χ4n) is 1.86. The van der Waals surface area contributed by atoms with Gasteiger partial charge in [0.2, 0.25) is 0 Å². The first kappa shape index (κ1) is 13.5. The molecule has 0 saturated heterocycles. The maximum absolute atomic E-state index is 11.2. The summed E-state index contributed by atoms with van der Waals surface area (Å²) in [6.07, 6.45) is 1.54. The molecule has 1 aromatic carbocycles. The van der Waals surface area contributed by atoms with Gasteiger partial charge in [0, 0.05) is 0 Å². The lowest BCUT2D eigenvalue weighted by Gasteiger charge is -2.04. The summed E-state index contributed by atoms with van der Waals surface area (Å²) in [5, 5.41) is 9.91. The van der Waals surface area contributed by atoms with Crippen LogP contribution in [-0.2, 0) is 6.42 Å². The molecular weight excluding hydrogens is 262 g/mol. The van der Waals surface area contributed by atoms with Crippen molar-refractivity contribution in [3.05, 3.63) is 34.8 Å². The Bertz CT molecular complexity index is 592. The number of aryl methyl sites for hydroxylation is 1. The predicted molar refractivity (Wildman–Crippen MR) is 75.1 cm³/mol. The summed E-state index contributed by atoms with van der Waals surface area (Å²) in [5.41, 5.74) is 1.49. The van der Waals surface area contributed by atoms with E-state index in [1.807, 2.05) is 31.2 Å². The van der Waals surface area contributed by atoms with Crippen LogP contribution in [-0.4, -0.2) is 23.2 Å². The number of carboxylic acids is 1. The van der Waals surface area contributed by atoms with Gasteiger partial charge in [0.05, 0.1) is 18.4 Å². The molecule has 2 aromatic rings. The van der Waals surface area contributed by atoms with Gasteiger partial charge in [0.25, 0.3) is 0 Å². The predicted octanol–water partition coefficient (Wildman–Crippen LogP) is 3.47. The summed E-state index contributed by atoms with van der Waals surface area (Å²) >= 11 is 1.20. The molecule has 0 unspecified atom stereocenters. The number of carbonyl (C=O) groups is 1. The summed E-state index contributed by atoms with van der Waals surface area (Å²) < 4.78 is 5.29. The molecule has 100 valence electrons. The molecule has 0 spiro atoms. The van der Waals surface area contributed by atoms with Crippen LogP contribution in [0.5, 0.6) is 5.75 Å². The fourth-order valence-corrected chi connectivity index (χ4v) is 2.84. The van der Waals surface area contributed by atoms with Crippen molar-refractivity contribution < 1.29 is 14.6 Å². The number of benzene rings is 1. The number of thiazole rings is 1. The van der Waals surface area contributed by atoms with E-state index in [4.69, 9.17) is 4.74 Å². The first-order valence-electron chi connectivity index (χ1n) is 6.03. The molecule has 0 saturated carbocycles. The third-order valence-corrected chi connectivity index (χ3v) is 3.83. The van der Waals surface area contributed by atoms with E-state index in [1.54, 1.807) is 7.11 Å². The molecule has 4 nitrogen and oxygen atoms in total. The normalized spacial score (nSPS) is 10.4. The molecule has 0 amide bonds. The lowest BCUT2D eigenvalue weighted by molar-refractivity contribution is 0.0700. The van der Waals surface area contributed by atoms with Crippen molar-refractivity contribution in [1.82, 2.24) is 4.98 Å². The highest BCUT2D eigenvalue weighted by Crippen LogP contribution is 2.34. The summed E-state index contributed by atoms with van der Waals surface area (Å²) in [6, 6.07) is 7.50. The highest BCUT2D eigenvalue weighted by atomic mass is 32.1. The van der Waals surface area contributed by atoms with Crippen molar-refractivity contribution in [3.63, 3.8) is 0 Å². The van der Waals surface area contributed by atoms with Gasteiger partial charge in [-0.3, -0.25) is 0 Å². The van der Waals surface area contributed by atoms with Gasteiger partial charge in [-0.1, -0.05) is 25.5 Å². The fraction of sp³-hybridized carbons (Fsp3) is 0.286. The molecule has 0 fully saturated rings. The van der Waals surface area contributed by atoms with Crippen LogP contribution in [0.4, 0.5) is 0 Å². The number of rotatable bonds is 5. The van der Waals surface area contributed by atoms with E-state index >= 15 is 0 Å². The molecule has 2 rings (SSSR count). The Balaban J connectivity index is 2.51. The van der Waals surface area contributed by atoms with Crippen LogP contribution in [0.25, 0.3) is 10.6 Å². The minimum atomic E-state index is -0.915. The molecule has 0 radical (unpaired) electrons. The van der Waals surface area contributed by atoms with Gasteiger partial charge in [0.1, 0.15) is 15.6 Å². The van der Waals surface area contributed by atoms with Crippen molar-refractivity contribution in [1.29, 1.82) is 0 Å². The van der Waals surface area contributed by atoms with Crippen LogP contribution in [0.3, 0.4) is 0 Å². The quantitative estimate of drug-likeness (QED) is 0.909. The van der Waals surface area contributed by atoms with Crippen LogP contribution < -0.4 is 4.74 Å². The first-order valence-corrected chi connectivity index (χ1v) is 6.85. The number of aromatic carboxylic acids is 1. The van der Waals surface area contributed by atoms with Crippen LogP contribution in [0.15, 0.2) is 24.3 Å². The van der Waals surface area contributed by atoms with Gasteiger partial charge in [-0.05, 0) is 18.6 Å². The van der Waals surface area contributed by atoms with E-state index in [2.05, 4.69) is 4.98 Å². The monoisotopic (exact) mass is 277 g/mol. The zero-order valence-corrected chi connectivity index (χ0v) is 11.7. The SMILES string of the molecule is CCCc1nc(-c2ccccc2OC)sc1C(=O)O. The van der Waals surface area contributed by atoms with Crippen molar-refractivity contribution in [3.8, 4) is 16.3 Å². The topological polar surface area (TPSA) is 59.4 Å². The number of hydrogen-bond donors (Lipinski definition) is 1. The third kappa shape index (κ3) is 2.76. The van der Waals surface area contributed by atoms with Crippen molar-refractivity contribution in [2.45, 2.75) is 19.8 Å². The number of methoxy groups -OCH3 is 1. The molecule has 0 aliphatic carbocycles. The molecule has 1 aromatic heterocycles. The number of para-hydroxylation sites is 1. The number of carboxylic acid groups (broad SMARTS) is 1. The van der Waals surface area contributed by atoms with Crippen LogP contribution in [0.1, 0.15) is 28.7 Å². The number of nitrogens with zero attached hydrogens (tertiary/aromatic N) is 1. The molecule has 0 aliphatic rings. The number of ether oxygens (including phenoxy) is 1. The molecule has 1 N–H and O–H groups in total. The first-order chi connectivity index (χ1) is 9.17. The van der Waals surface area contributed by atoms with Gasteiger partial charge in [-0.15, -0.1) is 11.3 Å². The molecule has 0 aliphatic heterocycles. The zero-order chi connectivity index (χ0) is 13.8. The second kappa shape index (κ2) is 5.84. The summed E-state index contributed by atoms with van der Waals surface area (Å²) in [5.74, 6) is -0.210. The average molecular weight is 277 g/mol. The van der Waals surface area contributed by atoms with Gasteiger partial charge in [-0.25, -0.2) is 9.78 Å². The molecular formula is C14H15NO3S. The van der Waals surface area contributed by atoms with Crippen LogP contribution in [0, 0.1) is 0 Å². The summed E-state index contributed by atoms with van der Waals surface area (Å²) in [7, 11) is 1.59.